The van der Waals surface area contributed by atoms with Gasteiger partial charge in [0, 0.05) is 5.56 Å². The summed E-state index contributed by atoms with van der Waals surface area (Å²) in [7, 11) is 2.64. The zero-order valence-corrected chi connectivity index (χ0v) is 9.85. The van der Waals surface area contributed by atoms with Crippen LogP contribution in [0.2, 0.25) is 5.02 Å². The Labute approximate surface area is 102 Å². The fraction of sp³-hybridized carbons (Fsp3) is 0.300. The number of hydrogen-bond donors (Lipinski definition) is 3. The summed E-state index contributed by atoms with van der Waals surface area (Å²) >= 11 is 5.77. The van der Waals surface area contributed by atoms with E-state index < -0.39 is 17.8 Å². The van der Waals surface area contributed by atoms with Gasteiger partial charge in [-0.15, -0.1) is 0 Å². The van der Waals surface area contributed by atoms with Gasteiger partial charge in [0.2, 0.25) is 0 Å². The zero-order valence-electron chi connectivity index (χ0n) is 9.10. The second-order valence-corrected chi connectivity index (χ2v) is 3.48. The normalized spacial score (nSPS) is 12.0. The molecule has 94 valence electrons. The molecule has 0 aliphatic carbocycles. The molecule has 0 saturated carbocycles. The predicted octanol–water partition coefficient (Wildman–Crippen LogP) is 1.18. The summed E-state index contributed by atoms with van der Waals surface area (Å²) < 4.78 is 9.82. The number of benzene rings is 1. The summed E-state index contributed by atoms with van der Waals surface area (Å²) in [6, 6.07) is 1.15. The Morgan fingerprint density at radius 2 is 2.00 bits per heavy atom. The minimum atomic E-state index is -1.90. The number of aliphatic hydroxyl groups is 1. The number of aliphatic carboxylic acids is 1. The van der Waals surface area contributed by atoms with E-state index in [2.05, 4.69) is 0 Å². The molecule has 0 aliphatic rings. The van der Waals surface area contributed by atoms with Gasteiger partial charge in [0.15, 0.2) is 17.6 Å². The smallest absolute Gasteiger partial charge is 0.337 e. The number of carboxylic acids is 1. The lowest BCUT2D eigenvalue weighted by atomic mass is 10.1. The van der Waals surface area contributed by atoms with Crippen molar-refractivity contribution >= 4 is 17.6 Å². The van der Waals surface area contributed by atoms with Crippen LogP contribution in [0.1, 0.15) is 11.7 Å². The lowest BCUT2D eigenvalue weighted by Gasteiger charge is -2.15. The molecule has 0 heterocycles. The van der Waals surface area contributed by atoms with Gasteiger partial charge < -0.3 is 24.8 Å². The van der Waals surface area contributed by atoms with Gasteiger partial charge in [-0.05, 0) is 6.07 Å². The molecular weight excluding hydrogens is 252 g/mol. The minimum absolute atomic E-state index is 0.0630. The summed E-state index contributed by atoms with van der Waals surface area (Å²) in [6.45, 7) is 0. The first kappa shape index (κ1) is 13.4. The Balaban J connectivity index is 3.44. The van der Waals surface area contributed by atoms with E-state index in [0.717, 1.165) is 6.07 Å². The van der Waals surface area contributed by atoms with Crippen molar-refractivity contribution < 1.29 is 29.6 Å². The maximum absolute atomic E-state index is 10.6. The predicted molar refractivity (Wildman–Crippen MR) is 58.8 cm³/mol. The van der Waals surface area contributed by atoms with Crippen LogP contribution in [0.5, 0.6) is 17.2 Å². The summed E-state index contributed by atoms with van der Waals surface area (Å²) in [4.78, 5) is 10.6. The molecule has 1 rings (SSSR count). The molecule has 0 amide bonds. The first-order valence-electron chi connectivity index (χ1n) is 4.48. The number of phenols is 1. The largest absolute Gasteiger partial charge is 0.506 e. The third-order valence-corrected chi connectivity index (χ3v) is 2.49. The molecule has 1 aromatic carbocycles. The highest BCUT2D eigenvalue weighted by Crippen LogP contribution is 2.45. The summed E-state index contributed by atoms with van der Waals surface area (Å²) in [5, 5.41) is 27.5. The maximum Gasteiger partial charge on any atom is 0.337 e. The first-order valence-corrected chi connectivity index (χ1v) is 4.86. The highest BCUT2D eigenvalue weighted by molar-refractivity contribution is 6.34. The van der Waals surface area contributed by atoms with E-state index in [0.29, 0.717) is 0 Å². The van der Waals surface area contributed by atoms with E-state index in [4.69, 9.17) is 26.2 Å². The third-order valence-electron chi connectivity index (χ3n) is 2.14. The van der Waals surface area contributed by atoms with Crippen LogP contribution in [-0.2, 0) is 4.79 Å². The molecule has 0 saturated heterocycles. The standard InChI is InChI=1S/C10H11ClO6/c1-16-5-3-4(8(13)10(14)15)7(12)6(11)9(5)17-2/h3,8,12-13H,1-2H3,(H,14,15). The van der Waals surface area contributed by atoms with E-state index in [1.165, 1.54) is 14.2 Å². The van der Waals surface area contributed by atoms with Crippen LogP contribution in [-0.4, -0.2) is 35.5 Å². The van der Waals surface area contributed by atoms with Crippen molar-refractivity contribution in [3.8, 4) is 17.2 Å². The van der Waals surface area contributed by atoms with Crippen LogP contribution in [0.3, 0.4) is 0 Å². The molecule has 0 radical (unpaired) electrons. The van der Waals surface area contributed by atoms with E-state index >= 15 is 0 Å². The Hall–Kier alpha value is -1.66. The van der Waals surface area contributed by atoms with Gasteiger partial charge in [-0.2, -0.15) is 0 Å². The van der Waals surface area contributed by atoms with Gasteiger partial charge in [-0.1, -0.05) is 11.6 Å². The van der Waals surface area contributed by atoms with Crippen molar-refractivity contribution in [3.05, 3.63) is 16.7 Å². The molecule has 1 aromatic rings. The number of methoxy groups -OCH3 is 2. The Morgan fingerprint density at radius 3 is 2.41 bits per heavy atom. The molecule has 7 heteroatoms. The first-order chi connectivity index (χ1) is 7.93. The average Bonchev–Trinajstić information content (AvgIpc) is 2.31. The molecule has 1 unspecified atom stereocenters. The van der Waals surface area contributed by atoms with E-state index in [1.807, 2.05) is 0 Å². The monoisotopic (exact) mass is 262 g/mol. The average molecular weight is 263 g/mol. The number of rotatable bonds is 4. The molecular formula is C10H11ClO6. The molecule has 0 fully saturated rings. The van der Waals surface area contributed by atoms with Crippen LogP contribution in [0.25, 0.3) is 0 Å². The van der Waals surface area contributed by atoms with Crippen LogP contribution in [0.15, 0.2) is 6.07 Å². The molecule has 3 N–H and O–H groups in total. The third kappa shape index (κ3) is 2.37. The molecule has 0 bridgehead atoms. The zero-order chi connectivity index (χ0) is 13.2. The number of phenolic OH excluding ortho intramolecular Hbond substituents is 1. The number of aliphatic hydroxyl groups excluding tert-OH is 1. The van der Waals surface area contributed by atoms with Crippen molar-refractivity contribution in [2.24, 2.45) is 0 Å². The molecule has 0 spiro atoms. The van der Waals surface area contributed by atoms with Crippen molar-refractivity contribution in [1.82, 2.24) is 0 Å². The molecule has 1 atom stereocenters. The van der Waals surface area contributed by atoms with E-state index in [9.17, 15) is 15.0 Å². The topological polar surface area (TPSA) is 96.2 Å². The van der Waals surface area contributed by atoms with Crippen LogP contribution in [0.4, 0.5) is 0 Å². The van der Waals surface area contributed by atoms with Gasteiger partial charge in [-0.25, -0.2) is 4.79 Å². The maximum atomic E-state index is 10.6. The summed E-state index contributed by atoms with van der Waals surface area (Å²) in [5.41, 5.74) is -0.264. The van der Waals surface area contributed by atoms with E-state index in [1.54, 1.807) is 0 Å². The van der Waals surface area contributed by atoms with Gasteiger partial charge in [-0.3, -0.25) is 0 Å². The van der Waals surface area contributed by atoms with Crippen LogP contribution >= 0.6 is 11.6 Å². The lowest BCUT2D eigenvalue weighted by Crippen LogP contribution is -2.11. The van der Waals surface area contributed by atoms with Gasteiger partial charge >= 0.3 is 5.97 Å². The number of ether oxygens (including phenoxy) is 2. The van der Waals surface area contributed by atoms with Gasteiger partial charge in [0.1, 0.15) is 10.8 Å². The second-order valence-electron chi connectivity index (χ2n) is 3.10. The van der Waals surface area contributed by atoms with Crippen molar-refractivity contribution in [3.63, 3.8) is 0 Å². The quantitative estimate of drug-likeness (QED) is 0.754. The lowest BCUT2D eigenvalue weighted by molar-refractivity contribution is -0.147. The number of aromatic hydroxyl groups is 1. The molecule has 17 heavy (non-hydrogen) atoms. The fourth-order valence-electron chi connectivity index (χ4n) is 1.30. The Bertz CT molecular complexity index is 445. The number of carbonyl (C=O) groups is 1. The van der Waals surface area contributed by atoms with Crippen molar-refractivity contribution in [1.29, 1.82) is 0 Å². The van der Waals surface area contributed by atoms with E-state index in [-0.39, 0.29) is 22.1 Å². The number of carboxylic acid groups (broad SMARTS) is 1. The highest BCUT2D eigenvalue weighted by Gasteiger charge is 2.26. The SMILES string of the molecule is COc1cc(C(O)C(=O)O)c(O)c(Cl)c1OC. The van der Waals surface area contributed by atoms with Crippen LogP contribution in [0, 0.1) is 0 Å². The fourth-order valence-corrected chi connectivity index (χ4v) is 1.58. The van der Waals surface area contributed by atoms with Gasteiger partial charge in [0.25, 0.3) is 0 Å². The number of halogens is 1. The van der Waals surface area contributed by atoms with Gasteiger partial charge in [0.05, 0.1) is 14.2 Å². The molecule has 0 aromatic heterocycles. The highest BCUT2D eigenvalue weighted by atomic mass is 35.5. The second kappa shape index (κ2) is 5.11. The van der Waals surface area contributed by atoms with Crippen LogP contribution < -0.4 is 9.47 Å². The Kier molecular flexibility index (Phi) is 4.03. The Morgan fingerprint density at radius 1 is 1.41 bits per heavy atom. The van der Waals surface area contributed by atoms with Crippen molar-refractivity contribution in [2.75, 3.05) is 14.2 Å². The minimum Gasteiger partial charge on any atom is -0.506 e. The molecule has 6 nitrogen and oxygen atoms in total. The number of hydrogen-bond acceptors (Lipinski definition) is 5. The summed E-state index contributed by atoms with van der Waals surface area (Å²) in [6.07, 6.45) is -1.90. The van der Waals surface area contributed by atoms with Crippen molar-refractivity contribution in [2.45, 2.75) is 6.10 Å². The molecule has 0 aliphatic heterocycles. The summed E-state index contributed by atoms with van der Waals surface area (Å²) in [5.74, 6) is -1.89.